The van der Waals surface area contributed by atoms with Gasteiger partial charge in [-0.1, -0.05) is 50.1 Å². The highest BCUT2D eigenvalue weighted by Crippen LogP contribution is 2.53. The standard InChI is InChI=1S/C27H25NO/c1-5-8-20-16(4)28-27(26-18-11-10-17(14-18)25(20)26)19-12-13-22-21(9-6-2)23(7-3)29-24(22)15-19/h5-9,12-13,15,17-18H,1,3-4,10-11,14H2,2H3/b9-6-,20-8+. The number of aromatic nitrogens is 1. The lowest BCUT2D eigenvalue weighted by Crippen LogP contribution is -2.33. The number of furan rings is 1. The zero-order chi connectivity index (χ0) is 20.1. The minimum atomic E-state index is 0.602. The smallest absolute Gasteiger partial charge is 0.136 e. The normalized spacial score (nSPS) is 20.7. The molecule has 2 heterocycles. The van der Waals surface area contributed by atoms with Gasteiger partial charge in [0.25, 0.3) is 0 Å². The van der Waals surface area contributed by atoms with E-state index in [0.717, 1.165) is 38.9 Å². The number of rotatable bonds is 4. The predicted molar refractivity (Wildman–Crippen MR) is 123 cm³/mol. The second-order valence-corrected chi connectivity index (χ2v) is 8.05. The highest BCUT2D eigenvalue weighted by atomic mass is 16.3. The maximum Gasteiger partial charge on any atom is 0.136 e. The van der Waals surface area contributed by atoms with Gasteiger partial charge in [-0.3, -0.25) is 0 Å². The van der Waals surface area contributed by atoms with Crippen molar-refractivity contribution < 1.29 is 4.42 Å². The molecule has 2 nitrogen and oxygen atoms in total. The van der Waals surface area contributed by atoms with E-state index in [9.17, 15) is 0 Å². The first kappa shape index (κ1) is 17.9. The molecule has 3 aromatic rings. The van der Waals surface area contributed by atoms with E-state index in [1.54, 1.807) is 6.08 Å². The molecule has 2 aliphatic rings. The summed E-state index contributed by atoms with van der Waals surface area (Å²) in [6.07, 6.45) is 13.6. The predicted octanol–water partition coefficient (Wildman–Crippen LogP) is 5.91. The summed E-state index contributed by atoms with van der Waals surface area (Å²) in [6, 6.07) is 6.44. The van der Waals surface area contributed by atoms with Crippen molar-refractivity contribution in [2.24, 2.45) is 0 Å². The first-order valence-electron chi connectivity index (χ1n) is 10.3. The third kappa shape index (κ3) is 2.59. The highest BCUT2D eigenvalue weighted by molar-refractivity contribution is 5.93. The summed E-state index contributed by atoms with van der Waals surface area (Å²) >= 11 is 0. The van der Waals surface area contributed by atoms with Crippen molar-refractivity contribution in [2.75, 3.05) is 0 Å². The number of benzene rings is 1. The third-order valence-corrected chi connectivity index (χ3v) is 6.48. The fraction of sp³-hybridized carbons (Fsp3) is 0.222. The van der Waals surface area contributed by atoms with Gasteiger partial charge in [0.15, 0.2) is 0 Å². The molecule has 2 aromatic heterocycles. The van der Waals surface area contributed by atoms with Crippen LogP contribution in [0.5, 0.6) is 0 Å². The lowest BCUT2D eigenvalue weighted by atomic mass is 9.87. The minimum Gasteiger partial charge on any atom is -0.456 e. The van der Waals surface area contributed by atoms with Crippen LogP contribution in [0.25, 0.3) is 47.0 Å². The summed E-state index contributed by atoms with van der Waals surface area (Å²) in [7, 11) is 0. The Kier molecular flexibility index (Phi) is 4.16. The van der Waals surface area contributed by atoms with Gasteiger partial charge in [-0.25, -0.2) is 4.98 Å². The maximum atomic E-state index is 6.10. The number of hydrogen-bond acceptors (Lipinski definition) is 2. The molecule has 144 valence electrons. The summed E-state index contributed by atoms with van der Waals surface area (Å²) in [6.45, 7) is 14.1. The van der Waals surface area contributed by atoms with Gasteiger partial charge in [-0.15, -0.1) is 0 Å². The molecule has 2 unspecified atom stereocenters. The topological polar surface area (TPSA) is 26.0 Å². The molecule has 0 radical (unpaired) electrons. The van der Waals surface area contributed by atoms with Crippen LogP contribution in [0, 0.1) is 0 Å². The molecule has 2 atom stereocenters. The van der Waals surface area contributed by atoms with E-state index in [0.29, 0.717) is 11.8 Å². The largest absolute Gasteiger partial charge is 0.456 e. The Hall–Kier alpha value is -3.13. The maximum absolute atomic E-state index is 6.10. The van der Waals surface area contributed by atoms with Crippen LogP contribution in [-0.4, -0.2) is 4.98 Å². The van der Waals surface area contributed by atoms with Crippen molar-refractivity contribution in [3.63, 3.8) is 0 Å². The molecule has 0 aliphatic heterocycles. The summed E-state index contributed by atoms with van der Waals surface area (Å²) < 4.78 is 6.10. The van der Waals surface area contributed by atoms with Crippen molar-refractivity contribution in [2.45, 2.75) is 38.0 Å². The fourth-order valence-corrected chi connectivity index (χ4v) is 5.34. The van der Waals surface area contributed by atoms with E-state index >= 15 is 0 Å². The van der Waals surface area contributed by atoms with E-state index in [-0.39, 0.29) is 0 Å². The van der Waals surface area contributed by atoms with Crippen LogP contribution >= 0.6 is 0 Å². The number of allylic oxidation sites excluding steroid dienone is 2. The van der Waals surface area contributed by atoms with Gasteiger partial charge in [0, 0.05) is 21.7 Å². The molecule has 2 heteroatoms. The molecule has 29 heavy (non-hydrogen) atoms. The molecule has 0 spiro atoms. The zero-order valence-corrected chi connectivity index (χ0v) is 16.9. The van der Waals surface area contributed by atoms with Gasteiger partial charge < -0.3 is 4.42 Å². The monoisotopic (exact) mass is 379 g/mol. The molecule has 0 amide bonds. The van der Waals surface area contributed by atoms with Crippen molar-refractivity contribution in [1.82, 2.24) is 4.98 Å². The van der Waals surface area contributed by atoms with Gasteiger partial charge in [0.1, 0.15) is 11.3 Å². The Morgan fingerprint density at radius 3 is 2.66 bits per heavy atom. The lowest BCUT2D eigenvalue weighted by molar-refractivity contribution is 0.603. The second kappa shape index (κ2) is 6.73. The van der Waals surface area contributed by atoms with Crippen molar-refractivity contribution >= 4 is 35.8 Å². The van der Waals surface area contributed by atoms with Gasteiger partial charge in [-0.05, 0) is 67.4 Å². The molecule has 2 aliphatic carbocycles. The molecule has 5 rings (SSSR count). The second-order valence-electron chi connectivity index (χ2n) is 8.05. The van der Waals surface area contributed by atoms with Crippen LogP contribution in [0.1, 0.15) is 60.5 Å². The molecule has 0 saturated heterocycles. The Morgan fingerprint density at radius 2 is 1.93 bits per heavy atom. The van der Waals surface area contributed by atoms with Gasteiger partial charge in [0.05, 0.1) is 11.0 Å². The van der Waals surface area contributed by atoms with Crippen LogP contribution in [0.4, 0.5) is 0 Å². The summed E-state index contributed by atoms with van der Waals surface area (Å²) in [5.41, 5.74) is 7.01. The Bertz CT molecular complexity index is 1300. The van der Waals surface area contributed by atoms with Crippen LogP contribution in [0.15, 0.2) is 47.9 Å². The third-order valence-electron chi connectivity index (χ3n) is 6.48. The van der Waals surface area contributed by atoms with E-state index in [4.69, 9.17) is 9.40 Å². The molecule has 1 fully saturated rings. The fourth-order valence-electron chi connectivity index (χ4n) is 5.34. The van der Waals surface area contributed by atoms with Crippen LogP contribution < -0.4 is 10.6 Å². The quantitative estimate of drug-likeness (QED) is 0.563. The summed E-state index contributed by atoms with van der Waals surface area (Å²) in [5, 5.41) is 3.12. The molecule has 1 saturated carbocycles. The van der Waals surface area contributed by atoms with Gasteiger partial charge in [-0.2, -0.15) is 0 Å². The number of hydrogen-bond donors (Lipinski definition) is 0. The Labute approximate surface area is 171 Å². The zero-order valence-electron chi connectivity index (χ0n) is 16.9. The van der Waals surface area contributed by atoms with Crippen LogP contribution in [0.3, 0.4) is 0 Å². The minimum absolute atomic E-state index is 0.602. The Morgan fingerprint density at radius 1 is 1.14 bits per heavy atom. The molecular weight excluding hydrogens is 354 g/mol. The van der Waals surface area contributed by atoms with Crippen LogP contribution in [-0.2, 0) is 0 Å². The number of fused-ring (bicyclic) bond motifs is 6. The lowest BCUT2D eigenvalue weighted by Gasteiger charge is -2.19. The number of pyridine rings is 1. The van der Waals surface area contributed by atoms with E-state index in [1.807, 2.05) is 19.1 Å². The van der Waals surface area contributed by atoms with Gasteiger partial charge in [0.2, 0.25) is 0 Å². The van der Waals surface area contributed by atoms with Crippen LogP contribution in [0.2, 0.25) is 0 Å². The van der Waals surface area contributed by atoms with Crippen molar-refractivity contribution in [3.8, 4) is 11.3 Å². The Balaban J connectivity index is 1.77. The summed E-state index contributed by atoms with van der Waals surface area (Å²) in [5.74, 6) is 2.04. The SMILES string of the molecule is C=C/C=c1/c2c(c(-c3ccc4c(/C=C\C)c(C=C)oc4c3)nc1=C)C1CCC2C1. The van der Waals surface area contributed by atoms with Gasteiger partial charge >= 0.3 is 0 Å². The highest BCUT2D eigenvalue weighted by Gasteiger charge is 2.40. The summed E-state index contributed by atoms with van der Waals surface area (Å²) in [4.78, 5) is 4.98. The molecule has 0 N–H and O–H groups in total. The first-order chi connectivity index (χ1) is 14.2. The average Bonchev–Trinajstić information content (AvgIpc) is 3.43. The molecular formula is C27H25NO. The first-order valence-corrected chi connectivity index (χ1v) is 10.3. The van der Waals surface area contributed by atoms with Crippen molar-refractivity contribution in [3.05, 3.63) is 76.5 Å². The molecule has 1 aromatic carbocycles. The van der Waals surface area contributed by atoms with E-state index in [2.05, 4.69) is 50.1 Å². The van der Waals surface area contributed by atoms with E-state index in [1.165, 1.54) is 35.6 Å². The average molecular weight is 380 g/mol. The molecule has 2 bridgehead atoms. The van der Waals surface area contributed by atoms with Crippen molar-refractivity contribution in [1.29, 1.82) is 0 Å². The van der Waals surface area contributed by atoms with E-state index < -0.39 is 0 Å². The number of nitrogens with zero attached hydrogens (tertiary/aromatic N) is 1.